The fourth-order valence-electron chi connectivity index (χ4n) is 2.07. The van der Waals surface area contributed by atoms with E-state index in [0.717, 1.165) is 25.0 Å². The summed E-state index contributed by atoms with van der Waals surface area (Å²) in [5.74, 6) is 0.282. The molecule has 1 aliphatic rings. The molecule has 0 bridgehead atoms. The van der Waals surface area contributed by atoms with Crippen molar-refractivity contribution < 1.29 is 4.79 Å². The Labute approximate surface area is 113 Å². The van der Waals surface area contributed by atoms with Crippen LogP contribution in [0.1, 0.15) is 26.2 Å². The molecule has 1 heterocycles. The maximum Gasteiger partial charge on any atom is 0.223 e. The summed E-state index contributed by atoms with van der Waals surface area (Å²) < 4.78 is 0. The lowest BCUT2D eigenvalue weighted by Gasteiger charge is -2.24. The summed E-state index contributed by atoms with van der Waals surface area (Å²) in [6.45, 7) is 6.72. The first-order valence-electron chi connectivity index (χ1n) is 6.32. The third kappa shape index (κ3) is 3.39. The van der Waals surface area contributed by atoms with Crippen molar-refractivity contribution in [2.24, 2.45) is 0 Å². The van der Waals surface area contributed by atoms with Gasteiger partial charge in [0.1, 0.15) is 0 Å². The van der Waals surface area contributed by atoms with Crippen molar-refractivity contribution in [1.82, 2.24) is 4.90 Å². The van der Waals surface area contributed by atoms with Crippen molar-refractivity contribution in [3.05, 3.63) is 42.5 Å². The highest BCUT2D eigenvalue weighted by Crippen LogP contribution is 2.33. The second kappa shape index (κ2) is 6.10. The van der Waals surface area contributed by atoms with Crippen LogP contribution in [0.5, 0.6) is 0 Å². The van der Waals surface area contributed by atoms with Gasteiger partial charge in [0, 0.05) is 17.9 Å². The Balaban J connectivity index is 1.98. The number of rotatable bonds is 5. The molecule has 96 valence electrons. The van der Waals surface area contributed by atoms with E-state index in [1.165, 1.54) is 4.90 Å². The molecular formula is C15H19NOS. The Hall–Kier alpha value is -1.22. The van der Waals surface area contributed by atoms with Crippen LogP contribution in [0.15, 0.2) is 47.4 Å². The molecule has 2 nitrogen and oxygen atoms in total. The number of carbonyl (C=O) groups is 1. The van der Waals surface area contributed by atoms with E-state index in [9.17, 15) is 4.79 Å². The first-order chi connectivity index (χ1) is 8.66. The van der Waals surface area contributed by atoms with Crippen LogP contribution in [0.4, 0.5) is 0 Å². The fourth-order valence-corrected chi connectivity index (χ4v) is 3.28. The van der Waals surface area contributed by atoms with Crippen LogP contribution < -0.4 is 0 Å². The molecule has 1 amide bonds. The van der Waals surface area contributed by atoms with Crippen molar-refractivity contribution in [3.8, 4) is 0 Å². The van der Waals surface area contributed by atoms with Gasteiger partial charge in [0.15, 0.2) is 0 Å². The summed E-state index contributed by atoms with van der Waals surface area (Å²) in [7, 11) is 0. The summed E-state index contributed by atoms with van der Waals surface area (Å²) in [6.07, 6.45) is 2.53. The fraction of sp³-hybridized carbons (Fsp3) is 0.400. The van der Waals surface area contributed by atoms with E-state index < -0.39 is 0 Å². The van der Waals surface area contributed by atoms with Crippen LogP contribution in [0.2, 0.25) is 0 Å². The Morgan fingerprint density at radius 2 is 2.17 bits per heavy atom. The molecule has 1 unspecified atom stereocenters. The highest BCUT2D eigenvalue weighted by molar-refractivity contribution is 8.00. The first-order valence-corrected chi connectivity index (χ1v) is 7.20. The average molecular weight is 261 g/mol. The molecule has 18 heavy (non-hydrogen) atoms. The Morgan fingerprint density at radius 1 is 1.44 bits per heavy atom. The minimum atomic E-state index is 0.282. The van der Waals surface area contributed by atoms with E-state index in [0.29, 0.717) is 11.8 Å². The second-order valence-electron chi connectivity index (χ2n) is 4.72. The number of hydrogen-bond acceptors (Lipinski definition) is 2. The lowest BCUT2D eigenvalue weighted by molar-refractivity contribution is -0.128. The van der Waals surface area contributed by atoms with E-state index in [-0.39, 0.29) is 5.91 Å². The van der Waals surface area contributed by atoms with Crippen molar-refractivity contribution in [2.75, 3.05) is 6.54 Å². The number of thioether (sulfide) groups is 1. The van der Waals surface area contributed by atoms with Crippen LogP contribution in [-0.4, -0.2) is 22.7 Å². The Bertz CT molecular complexity index is 429. The summed E-state index contributed by atoms with van der Waals surface area (Å²) in [5, 5.41) is 0.291. The lowest BCUT2D eigenvalue weighted by atomic mass is 10.2. The van der Waals surface area contributed by atoms with Gasteiger partial charge >= 0.3 is 0 Å². The van der Waals surface area contributed by atoms with Gasteiger partial charge in [0.25, 0.3) is 0 Å². The van der Waals surface area contributed by atoms with Crippen LogP contribution in [0.25, 0.3) is 0 Å². The molecule has 1 aliphatic heterocycles. The zero-order valence-corrected chi connectivity index (χ0v) is 11.6. The number of amides is 1. The average Bonchev–Trinajstić information content (AvgIpc) is 2.69. The van der Waals surface area contributed by atoms with Gasteiger partial charge in [-0.15, -0.1) is 18.3 Å². The summed E-state index contributed by atoms with van der Waals surface area (Å²) in [4.78, 5) is 15.1. The van der Waals surface area contributed by atoms with Gasteiger partial charge < -0.3 is 4.90 Å². The Kier molecular flexibility index (Phi) is 4.48. The Morgan fingerprint density at radius 3 is 2.83 bits per heavy atom. The van der Waals surface area contributed by atoms with Gasteiger partial charge in [-0.3, -0.25) is 4.79 Å². The van der Waals surface area contributed by atoms with Gasteiger partial charge in [0.2, 0.25) is 5.91 Å². The molecule has 0 spiro atoms. The predicted octanol–water partition coefficient (Wildman–Crippen LogP) is 3.69. The monoisotopic (exact) mass is 261 g/mol. The molecular weight excluding hydrogens is 242 g/mol. The van der Waals surface area contributed by atoms with Crippen LogP contribution in [0, 0.1) is 0 Å². The lowest BCUT2D eigenvalue weighted by Crippen LogP contribution is -2.31. The third-order valence-corrected chi connectivity index (χ3v) is 4.37. The van der Waals surface area contributed by atoms with Gasteiger partial charge in [0.05, 0.1) is 5.37 Å². The molecule has 0 N–H and O–H groups in total. The van der Waals surface area contributed by atoms with E-state index in [2.05, 4.69) is 18.7 Å². The normalized spacial score (nSPS) is 19.3. The van der Waals surface area contributed by atoms with E-state index in [4.69, 9.17) is 0 Å². The van der Waals surface area contributed by atoms with Crippen LogP contribution in [0.3, 0.4) is 0 Å². The molecule has 0 aromatic heterocycles. The highest BCUT2D eigenvalue weighted by Gasteiger charge is 2.30. The molecule has 3 heteroatoms. The van der Waals surface area contributed by atoms with Crippen molar-refractivity contribution in [1.29, 1.82) is 0 Å². The summed E-state index contributed by atoms with van der Waals surface area (Å²) in [5.41, 5.74) is 1.14. The van der Waals surface area contributed by atoms with Crippen LogP contribution in [-0.2, 0) is 4.79 Å². The maximum absolute atomic E-state index is 11.9. The topological polar surface area (TPSA) is 20.3 Å². The maximum atomic E-state index is 11.9. The minimum absolute atomic E-state index is 0.282. The molecule has 1 aromatic rings. The summed E-state index contributed by atoms with van der Waals surface area (Å²) in [6, 6.07) is 10.3. The molecule has 1 saturated heterocycles. The van der Waals surface area contributed by atoms with Gasteiger partial charge in [-0.05, 0) is 31.9 Å². The van der Waals surface area contributed by atoms with Crippen molar-refractivity contribution in [2.45, 2.75) is 36.5 Å². The number of carbonyl (C=O) groups excluding carboxylic acids is 1. The second-order valence-corrected chi connectivity index (χ2v) is 5.97. The molecule has 1 aromatic carbocycles. The molecule has 1 fully saturated rings. The first kappa shape index (κ1) is 13.2. The number of likely N-dealkylation sites (tertiary alicyclic amines) is 1. The zero-order chi connectivity index (χ0) is 13.0. The van der Waals surface area contributed by atoms with Gasteiger partial charge in [-0.25, -0.2) is 0 Å². The van der Waals surface area contributed by atoms with E-state index in [1.54, 1.807) is 11.8 Å². The number of benzene rings is 1. The van der Waals surface area contributed by atoms with Gasteiger partial charge in [-0.1, -0.05) is 23.8 Å². The minimum Gasteiger partial charge on any atom is -0.330 e. The number of hydrogen-bond donors (Lipinski definition) is 0. The highest BCUT2D eigenvalue weighted by atomic mass is 32.2. The van der Waals surface area contributed by atoms with Crippen molar-refractivity contribution >= 4 is 17.7 Å². The zero-order valence-electron chi connectivity index (χ0n) is 10.8. The number of nitrogens with zero attached hydrogens (tertiary/aromatic N) is 1. The van der Waals surface area contributed by atoms with E-state index >= 15 is 0 Å². The van der Waals surface area contributed by atoms with Gasteiger partial charge in [-0.2, -0.15) is 0 Å². The van der Waals surface area contributed by atoms with Crippen molar-refractivity contribution in [3.63, 3.8) is 0 Å². The summed E-state index contributed by atoms with van der Waals surface area (Å²) >= 11 is 1.79. The largest absolute Gasteiger partial charge is 0.330 e. The molecule has 0 aliphatic carbocycles. The predicted molar refractivity (Wildman–Crippen MR) is 76.5 cm³/mol. The van der Waals surface area contributed by atoms with E-state index in [1.807, 2.05) is 30.0 Å². The smallest absolute Gasteiger partial charge is 0.223 e. The quantitative estimate of drug-likeness (QED) is 0.753. The SMILES string of the molecule is C=C(C)CCN1C(=O)CCC1Sc1ccccc1. The molecule has 0 radical (unpaired) electrons. The van der Waals surface area contributed by atoms with Crippen LogP contribution >= 0.6 is 11.8 Å². The molecule has 2 rings (SSSR count). The molecule has 0 saturated carbocycles. The standard InChI is InChI=1S/C15H19NOS/c1-12(2)10-11-16-14(17)8-9-15(16)18-13-6-4-3-5-7-13/h3-7,15H,1,8-11H2,2H3. The third-order valence-electron chi connectivity index (χ3n) is 3.07. The molecule has 1 atom stereocenters.